The second-order valence-electron chi connectivity index (χ2n) is 5.43. The molecule has 1 aromatic rings. The van der Waals surface area contributed by atoms with Crippen LogP contribution in [0.4, 0.5) is 0 Å². The summed E-state index contributed by atoms with van der Waals surface area (Å²) in [6.45, 7) is 0.640. The number of hydrogen-bond donors (Lipinski definition) is 4. The van der Waals surface area contributed by atoms with Crippen molar-refractivity contribution in [3.8, 4) is 0 Å². The van der Waals surface area contributed by atoms with E-state index in [1.165, 1.54) is 0 Å². The molecule has 0 bridgehead atoms. The minimum Gasteiger partial charge on any atom is -0.391 e. The van der Waals surface area contributed by atoms with Gasteiger partial charge in [0.1, 0.15) is 0 Å². The van der Waals surface area contributed by atoms with Crippen LogP contribution >= 0.6 is 0 Å². The fourth-order valence-electron chi connectivity index (χ4n) is 2.92. The Kier molecular flexibility index (Phi) is 3.52. The van der Waals surface area contributed by atoms with E-state index in [-0.39, 0.29) is 18.0 Å². The highest BCUT2D eigenvalue weighted by molar-refractivity contribution is 5.82. The number of fused-ring (bicyclic) bond motifs is 1. The van der Waals surface area contributed by atoms with Crippen LogP contribution in [0.15, 0.2) is 6.33 Å². The van der Waals surface area contributed by atoms with E-state index in [0.29, 0.717) is 13.0 Å². The molecular formula is C13H20N4O2. The van der Waals surface area contributed by atoms with Crippen LogP contribution in [0.1, 0.15) is 37.1 Å². The van der Waals surface area contributed by atoms with Gasteiger partial charge in [-0.25, -0.2) is 4.98 Å². The first-order valence-corrected chi connectivity index (χ1v) is 6.97. The van der Waals surface area contributed by atoms with Crippen LogP contribution in [0, 0.1) is 0 Å². The number of rotatable bonds is 2. The van der Waals surface area contributed by atoms with Gasteiger partial charge in [0.25, 0.3) is 0 Å². The van der Waals surface area contributed by atoms with Gasteiger partial charge in [-0.3, -0.25) is 10.1 Å². The van der Waals surface area contributed by atoms with E-state index >= 15 is 0 Å². The number of H-pyrrole nitrogens is 1. The van der Waals surface area contributed by atoms with Crippen molar-refractivity contribution >= 4 is 5.91 Å². The number of imidazole rings is 1. The average Bonchev–Trinajstić information content (AvgIpc) is 2.88. The van der Waals surface area contributed by atoms with Gasteiger partial charge in [0, 0.05) is 13.0 Å². The topological polar surface area (TPSA) is 90.0 Å². The maximum Gasteiger partial charge on any atom is 0.237 e. The lowest BCUT2D eigenvalue weighted by Crippen LogP contribution is -2.53. The van der Waals surface area contributed by atoms with Crippen molar-refractivity contribution in [3.63, 3.8) is 0 Å². The monoisotopic (exact) mass is 264 g/mol. The Hall–Kier alpha value is -1.40. The number of aliphatic hydroxyl groups is 1. The van der Waals surface area contributed by atoms with Gasteiger partial charge in [0.15, 0.2) is 0 Å². The maximum absolute atomic E-state index is 12.2. The fourth-order valence-corrected chi connectivity index (χ4v) is 2.92. The number of nitrogens with one attached hydrogen (secondary N) is 3. The molecule has 2 aliphatic rings. The van der Waals surface area contributed by atoms with E-state index in [9.17, 15) is 9.90 Å². The first kappa shape index (κ1) is 12.6. The third-order valence-corrected chi connectivity index (χ3v) is 4.10. The highest BCUT2D eigenvalue weighted by atomic mass is 16.3. The Morgan fingerprint density at radius 3 is 3.11 bits per heavy atom. The van der Waals surface area contributed by atoms with E-state index in [2.05, 4.69) is 20.6 Å². The smallest absolute Gasteiger partial charge is 0.237 e. The predicted octanol–water partition coefficient (Wildman–Crippen LogP) is -0.156. The summed E-state index contributed by atoms with van der Waals surface area (Å²) < 4.78 is 0. The summed E-state index contributed by atoms with van der Waals surface area (Å²) in [7, 11) is 0. The van der Waals surface area contributed by atoms with Gasteiger partial charge in [-0.05, 0) is 12.8 Å². The second kappa shape index (κ2) is 5.30. The molecule has 1 saturated carbocycles. The van der Waals surface area contributed by atoms with Gasteiger partial charge >= 0.3 is 0 Å². The Labute approximate surface area is 112 Å². The molecule has 0 saturated heterocycles. The van der Waals surface area contributed by atoms with Crippen molar-refractivity contribution < 1.29 is 9.90 Å². The van der Waals surface area contributed by atoms with Crippen LogP contribution < -0.4 is 10.6 Å². The summed E-state index contributed by atoms with van der Waals surface area (Å²) in [5, 5.41) is 16.1. The molecule has 1 amide bonds. The quantitative estimate of drug-likeness (QED) is 0.598. The number of hydrogen-bond acceptors (Lipinski definition) is 4. The molecule has 6 nitrogen and oxygen atoms in total. The van der Waals surface area contributed by atoms with Crippen LogP contribution in [0.2, 0.25) is 0 Å². The Morgan fingerprint density at radius 1 is 1.42 bits per heavy atom. The van der Waals surface area contributed by atoms with Crippen molar-refractivity contribution in [2.45, 2.75) is 56.8 Å². The molecule has 19 heavy (non-hydrogen) atoms. The zero-order valence-corrected chi connectivity index (χ0v) is 10.9. The highest BCUT2D eigenvalue weighted by Gasteiger charge is 2.30. The summed E-state index contributed by atoms with van der Waals surface area (Å²) in [5.74, 6) is -0.0281. The van der Waals surface area contributed by atoms with Crippen molar-refractivity contribution in [2.75, 3.05) is 0 Å². The number of aliphatic hydroxyl groups excluding tert-OH is 1. The highest BCUT2D eigenvalue weighted by Crippen LogP contribution is 2.19. The van der Waals surface area contributed by atoms with E-state index < -0.39 is 6.10 Å². The van der Waals surface area contributed by atoms with Gasteiger partial charge in [-0.2, -0.15) is 0 Å². The zero-order chi connectivity index (χ0) is 13.2. The minimum atomic E-state index is -0.401. The number of aromatic nitrogens is 2. The van der Waals surface area contributed by atoms with E-state index in [4.69, 9.17) is 0 Å². The van der Waals surface area contributed by atoms with Crippen molar-refractivity contribution in [1.29, 1.82) is 0 Å². The molecule has 4 N–H and O–H groups in total. The number of carbonyl (C=O) groups is 1. The molecule has 2 heterocycles. The predicted molar refractivity (Wildman–Crippen MR) is 69.3 cm³/mol. The van der Waals surface area contributed by atoms with Crippen molar-refractivity contribution in [3.05, 3.63) is 17.7 Å². The van der Waals surface area contributed by atoms with E-state index in [1.54, 1.807) is 6.33 Å². The Balaban J connectivity index is 1.59. The molecule has 104 valence electrons. The van der Waals surface area contributed by atoms with E-state index in [1.807, 2.05) is 0 Å². The van der Waals surface area contributed by atoms with Crippen molar-refractivity contribution in [1.82, 2.24) is 20.6 Å². The molecule has 1 unspecified atom stereocenters. The Morgan fingerprint density at radius 2 is 2.26 bits per heavy atom. The summed E-state index contributed by atoms with van der Waals surface area (Å²) in [6, 6.07) is -0.339. The van der Waals surface area contributed by atoms with Gasteiger partial charge in [-0.15, -0.1) is 0 Å². The molecule has 1 aliphatic carbocycles. The molecule has 0 spiro atoms. The summed E-state index contributed by atoms with van der Waals surface area (Å²) in [6.07, 6.45) is 5.64. The van der Waals surface area contributed by atoms with Crippen LogP contribution in [-0.2, 0) is 17.8 Å². The molecule has 0 radical (unpaired) electrons. The number of nitrogens with zero attached hydrogens (tertiary/aromatic N) is 1. The zero-order valence-electron chi connectivity index (χ0n) is 10.9. The number of amides is 1. The number of aromatic amines is 1. The molecule has 1 fully saturated rings. The standard InChI is InChI=1S/C13H20N4O2/c18-12-4-2-1-3-8(12)17-13(19)10-5-9-11(6-14-10)16-7-15-9/h7-8,10,12,14,18H,1-6H2,(H,15,16)(H,17,19)/t8-,10?,12-/m1/s1. The Bertz CT molecular complexity index is 459. The third kappa shape index (κ3) is 2.64. The van der Waals surface area contributed by atoms with Gasteiger partial charge < -0.3 is 15.4 Å². The lowest BCUT2D eigenvalue weighted by atomic mass is 9.92. The van der Waals surface area contributed by atoms with Gasteiger partial charge in [0.2, 0.25) is 5.91 Å². The molecule has 1 aromatic heterocycles. The lowest BCUT2D eigenvalue weighted by molar-refractivity contribution is -0.125. The summed E-state index contributed by atoms with van der Waals surface area (Å²) in [5.41, 5.74) is 2.02. The molecule has 1 aliphatic heterocycles. The summed E-state index contributed by atoms with van der Waals surface area (Å²) in [4.78, 5) is 19.5. The summed E-state index contributed by atoms with van der Waals surface area (Å²) >= 11 is 0. The van der Waals surface area contributed by atoms with Crippen LogP contribution in [-0.4, -0.2) is 39.2 Å². The van der Waals surface area contributed by atoms with Gasteiger partial charge in [0.05, 0.1) is 35.9 Å². The maximum atomic E-state index is 12.2. The second-order valence-corrected chi connectivity index (χ2v) is 5.43. The molecule has 3 rings (SSSR count). The van der Waals surface area contributed by atoms with Crippen molar-refractivity contribution in [2.24, 2.45) is 0 Å². The third-order valence-electron chi connectivity index (χ3n) is 4.10. The van der Waals surface area contributed by atoms with Gasteiger partial charge in [-0.1, -0.05) is 12.8 Å². The first-order valence-electron chi connectivity index (χ1n) is 6.97. The lowest BCUT2D eigenvalue weighted by Gasteiger charge is -2.31. The SMILES string of the molecule is O=C(N[C@@H]1CCCC[C@H]1O)C1Cc2nc[nH]c2CN1. The van der Waals surface area contributed by atoms with E-state index in [0.717, 1.165) is 37.1 Å². The van der Waals surface area contributed by atoms with Crippen LogP contribution in [0.5, 0.6) is 0 Å². The molecule has 0 aromatic carbocycles. The first-order chi connectivity index (χ1) is 9.24. The molecular weight excluding hydrogens is 244 g/mol. The molecule has 6 heteroatoms. The van der Waals surface area contributed by atoms with Crippen LogP contribution in [0.3, 0.4) is 0 Å². The normalized spacial score (nSPS) is 30.7. The fraction of sp³-hybridized carbons (Fsp3) is 0.692. The number of carbonyl (C=O) groups excluding carboxylic acids is 1. The largest absolute Gasteiger partial charge is 0.391 e. The van der Waals surface area contributed by atoms with Crippen LogP contribution in [0.25, 0.3) is 0 Å². The minimum absolute atomic E-state index is 0.0281. The molecule has 3 atom stereocenters. The average molecular weight is 264 g/mol.